The van der Waals surface area contributed by atoms with Crippen molar-refractivity contribution in [3.05, 3.63) is 0 Å². The lowest BCUT2D eigenvalue weighted by Gasteiger charge is -2.30. The lowest BCUT2D eigenvalue weighted by Crippen LogP contribution is -2.41. The smallest absolute Gasteiger partial charge is 0.222 e. The Morgan fingerprint density at radius 3 is 2.58 bits per heavy atom. The minimum absolute atomic E-state index is 0.0758. The summed E-state index contributed by atoms with van der Waals surface area (Å²) in [5, 5.41) is 12.5. The molecule has 0 aromatic heterocycles. The van der Waals surface area contributed by atoms with Crippen molar-refractivity contribution in [2.75, 3.05) is 13.1 Å². The van der Waals surface area contributed by atoms with Gasteiger partial charge in [-0.15, -0.1) is 0 Å². The fourth-order valence-electron chi connectivity index (χ4n) is 3.50. The summed E-state index contributed by atoms with van der Waals surface area (Å²) in [6.07, 6.45) is 5.51. The molecule has 2 rings (SSSR count). The first-order valence-electron chi connectivity index (χ1n) is 7.55. The number of carbonyl (C=O) groups excluding carboxylic acids is 1. The molecule has 0 aliphatic carbocycles. The monoisotopic (exact) mass is 263 g/mol. The minimum atomic E-state index is -0.0758. The molecule has 2 heterocycles. The number of hydrogen-bond acceptors (Lipinski definition) is 3. The molecule has 3 atom stereocenters. The van der Waals surface area contributed by atoms with Crippen LogP contribution in [0.3, 0.4) is 0 Å². The molecule has 0 spiro atoms. The predicted octanol–water partition coefficient (Wildman–Crippen LogP) is 1.92. The Morgan fingerprint density at radius 2 is 2.05 bits per heavy atom. The van der Waals surface area contributed by atoms with Gasteiger partial charge in [-0.25, -0.2) is 0 Å². The van der Waals surface area contributed by atoms with Crippen LogP contribution in [-0.2, 0) is 4.79 Å². The highest BCUT2D eigenvalue weighted by molar-refractivity contribution is 5.76. The Kier molecular flexibility index (Phi) is 4.81. The summed E-state index contributed by atoms with van der Waals surface area (Å²) < 4.78 is 0. The zero-order valence-corrected chi connectivity index (χ0v) is 12.1. The van der Waals surface area contributed by atoms with Crippen molar-refractivity contribution in [3.8, 4) is 6.07 Å². The van der Waals surface area contributed by atoms with Crippen molar-refractivity contribution in [1.29, 1.82) is 5.26 Å². The standard InChI is InChI=1S/C15H25N3O/c1-3-18(10-11(2)9-16)15(19)8-12-6-13-4-5-14(7-12)17-13/h11-14,17H,3-8,10H2,1-2H3. The van der Waals surface area contributed by atoms with E-state index in [1.165, 1.54) is 12.8 Å². The van der Waals surface area contributed by atoms with E-state index >= 15 is 0 Å². The molecule has 1 N–H and O–H groups in total. The average Bonchev–Trinajstić information content (AvgIpc) is 2.74. The zero-order chi connectivity index (χ0) is 13.8. The molecule has 106 valence electrons. The Morgan fingerprint density at radius 1 is 1.42 bits per heavy atom. The molecule has 4 nitrogen and oxygen atoms in total. The summed E-state index contributed by atoms with van der Waals surface area (Å²) in [7, 11) is 0. The summed E-state index contributed by atoms with van der Waals surface area (Å²) in [6, 6.07) is 3.49. The first kappa shape index (κ1) is 14.3. The summed E-state index contributed by atoms with van der Waals surface area (Å²) in [5.41, 5.74) is 0. The van der Waals surface area contributed by atoms with Crippen LogP contribution in [0.2, 0.25) is 0 Å². The van der Waals surface area contributed by atoms with Crippen LogP contribution in [0.5, 0.6) is 0 Å². The number of piperidine rings is 1. The summed E-state index contributed by atoms with van der Waals surface area (Å²) in [5.74, 6) is 0.696. The fraction of sp³-hybridized carbons (Fsp3) is 0.867. The second kappa shape index (κ2) is 6.38. The van der Waals surface area contributed by atoms with Gasteiger partial charge in [0.05, 0.1) is 12.0 Å². The van der Waals surface area contributed by atoms with E-state index in [1.54, 1.807) is 0 Å². The van der Waals surface area contributed by atoms with Gasteiger partial charge in [0, 0.05) is 31.6 Å². The fourth-order valence-corrected chi connectivity index (χ4v) is 3.50. The van der Waals surface area contributed by atoms with Crippen LogP contribution in [-0.4, -0.2) is 36.0 Å². The lowest BCUT2D eigenvalue weighted by molar-refractivity contribution is -0.132. The molecule has 4 heteroatoms. The number of hydrogen-bond donors (Lipinski definition) is 1. The summed E-state index contributed by atoms with van der Waals surface area (Å²) >= 11 is 0. The van der Waals surface area contributed by atoms with E-state index in [0.717, 1.165) is 12.8 Å². The topological polar surface area (TPSA) is 56.1 Å². The van der Waals surface area contributed by atoms with Crippen molar-refractivity contribution < 1.29 is 4.79 Å². The third-order valence-electron chi connectivity index (χ3n) is 4.48. The SMILES string of the molecule is CCN(CC(C)C#N)C(=O)CC1CC2CCC(C1)N2. The first-order chi connectivity index (χ1) is 9.12. The molecular formula is C15H25N3O. The number of amides is 1. The van der Waals surface area contributed by atoms with E-state index in [1.807, 2.05) is 18.7 Å². The van der Waals surface area contributed by atoms with Crippen molar-refractivity contribution >= 4 is 5.91 Å². The molecule has 1 amide bonds. The van der Waals surface area contributed by atoms with Gasteiger partial charge in [0.2, 0.25) is 5.91 Å². The van der Waals surface area contributed by atoms with Crippen LogP contribution < -0.4 is 5.32 Å². The van der Waals surface area contributed by atoms with Crippen LogP contribution in [0.4, 0.5) is 0 Å². The van der Waals surface area contributed by atoms with E-state index in [0.29, 0.717) is 37.5 Å². The highest BCUT2D eigenvalue weighted by Crippen LogP contribution is 2.32. The second-order valence-corrected chi connectivity index (χ2v) is 6.14. The van der Waals surface area contributed by atoms with Crippen LogP contribution in [0, 0.1) is 23.2 Å². The number of fused-ring (bicyclic) bond motifs is 2. The first-order valence-corrected chi connectivity index (χ1v) is 7.55. The predicted molar refractivity (Wildman–Crippen MR) is 74.3 cm³/mol. The molecule has 2 aliphatic rings. The maximum Gasteiger partial charge on any atom is 0.222 e. The average molecular weight is 263 g/mol. The Labute approximate surface area is 116 Å². The Balaban J connectivity index is 1.84. The molecule has 19 heavy (non-hydrogen) atoms. The van der Waals surface area contributed by atoms with E-state index in [9.17, 15) is 4.79 Å². The molecule has 2 bridgehead atoms. The molecule has 0 saturated carbocycles. The molecule has 2 fully saturated rings. The molecule has 0 aromatic carbocycles. The zero-order valence-electron chi connectivity index (χ0n) is 12.1. The van der Waals surface area contributed by atoms with Gasteiger partial charge in [0.15, 0.2) is 0 Å². The lowest BCUT2D eigenvalue weighted by atomic mass is 9.89. The summed E-state index contributed by atoms with van der Waals surface area (Å²) in [4.78, 5) is 14.2. The number of nitriles is 1. The van der Waals surface area contributed by atoms with Crippen molar-refractivity contribution in [1.82, 2.24) is 10.2 Å². The van der Waals surface area contributed by atoms with E-state index in [2.05, 4.69) is 11.4 Å². The van der Waals surface area contributed by atoms with E-state index < -0.39 is 0 Å². The Bertz CT molecular complexity index is 351. The number of carbonyl (C=O) groups is 1. The van der Waals surface area contributed by atoms with Crippen molar-refractivity contribution in [3.63, 3.8) is 0 Å². The Hall–Kier alpha value is -1.08. The molecular weight excluding hydrogens is 238 g/mol. The highest BCUT2D eigenvalue weighted by atomic mass is 16.2. The molecule has 0 radical (unpaired) electrons. The van der Waals surface area contributed by atoms with Crippen LogP contribution in [0.1, 0.15) is 46.0 Å². The van der Waals surface area contributed by atoms with Gasteiger partial charge in [-0.3, -0.25) is 4.79 Å². The van der Waals surface area contributed by atoms with Gasteiger partial charge < -0.3 is 10.2 Å². The maximum absolute atomic E-state index is 12.3. The third-order valence-corrected chi connectivity index (χ3v) is 4.48. The molecule has 0 aromatic rings. The van der Waals surface area contributed by atoms with Gasteiger partial charge in [-0.1, -0.05) is 0 Å². The number of nitrogens with zero attached hydrogens (tertiary/aromatic N) is 2. The number of nitrogens with one attached hydrogen (secondary N) is 1. The van der Waals surface area contributed by atoms with Crippen molar-refractivity contribution in [2.24, 2.45) is 11.8 Å². The van der Waals surface area contributed by atoms with E-state index in [4.69, 9.17) is 5.26 Å². The third kappa shape index (κ3) is 3.70. The van der Waals surface area contributed by atoms with Gasteiger partial charge in [-0.05, 0) is 45.4 Å². The van der Waals surface area contributed by atoms with Gasteiger partial charge in [0.25, 0.3) is 0 Å². The van der Waals surface area contributed by atoms with Crippen molar-refractivity contribution in [2.45, 2.75) is 58.0 Å². The normalized spacial score (nSPS) is 30.7. The van der Waals surface area contributed by atoms with Crippen LogP contribution in [0.15, 0.2) is 0 Å². The summed E-state index contributed by atoms with van der Waals surface area (Å²) in [6.45, 7) is 5.15. The second-order valence-electron chi connectivity index (χ2n) is 6.14. The molecule has 3 unspecified atom stereocenters. The quantitative estimate of drug-likeness (QED) is 0.824. The largest absolute Gasteiger partial charge is 0.342 e. The molecule has 2 aliphatic heterocycles. The van der Waals surface area contributed by atoms with Gasteiger partial charge in [-0.2, -0.15) is 5.26 Å². The van der Waals surface area contributed by atoms with Gasteiger partial charge >= 0.3 is 0 Å². The van der Waals surface area contributed by atoms with Gasteiger partial charge in [0.1, 0.15) is 0 Å². The van der Waals surface area contributed by atoms with Crippen LogP contribution >= 0.6 is 0 Å². The maximum atomic E-state index is 12.3. The number of rotatable bonds is 5. The van der Waals surface area contributed by atoms with Crippen LogP contribution in [0.25, 0.3) is 0 Å². The highest BCUT2D eigenvalue weighted by Gasteiger charge is 2.34. The molecule has 2 saturated heterocycles. The minimum Gasteiger partial charge on any atom is -0.342 e. The van der Waals surface area contributed by atoms with E-state index in [-0.39, 0.29) is 11.8 Å².